The molecule has 4 nitrogen and oxygen atoms in total. The quantitative estimate of drug-likeness (QED) is 0.738. The lowest BCUT2D eigenvalue weighted by atomic mass is 10.4. The van der Waals surface area contributed by atoms with Gasteiger partial charge in [-0.05, 0) is 14.0 Å². The molecule has 0 aliphatic heterocycles. The van der Waals surface area contributed by atoms with Gasteiger partial charge in [0, 0.05) is 11.4 Å². The lowest BCUT2D eigenvalue weighted by Crippen LogP contribution is -2.06. The number of nitrogens with zero attached hydrogens (tertiary/aromatic N) is 1. The van der Waals surface area contributed by atoms with Gasteiger partial charge in [0.05, 0.1) is 7.11 Å². The van der Waals surface area contributed by atoms with Gasteiger partial charge in [0.1, 0.15) is 5.01 Å². The van der Waals surface area contributed by atoms with Crippen LogP contribution in [-0.2, 0) is 11.3 Å². The number of ether oxygens (including phenoxy) is 1. The van der Waals surface area contributed by atoms with Gasteiger partial charge in [-0.15, -0.1) is 11.3 Å². The van der Waals surface area contributed by atoms with Crippen LogP contribution in [0.3, 0.4) is 0 Å². The predicted molar refractivity (Wildman–Crippen MR) is 51.0 cm³/mol. The van der Waals surface area contributed by atoms with E-state index in [4.69, 9.17) is 0 Å². The van der Waals surface area contributed by atoms with Gasteiger partial charge in [-0.2, -0.15) is 0 Å². The summed E-state index contributed by atoms with van der Waals surface area (Å²) in [6.07, 6.45) is 0. The van der Waals surface area contributed by atoms with E-state index in [1.807, 2.05) is 14.0 Å². The highest BCUT2D eigenvalue weighted by Crippen LogP contribution is 2.17. The van der Waals surface area contributed by atoms with Gasteiger partial charge in [0.2, 0.25) is 0 Å². The van der Waals surface area contributed by atoms with E-state index in [0.717, 1.165) is 9.88 Å². The fourth-order valence-electron chi connectivity index (χ4n) is 0.964. The van der Waals surface area contributed by atoms with E-state index in [-0.39, 0.29) is 5.97 Å². The van der Waals surface area contributed by atoms with Crippen LogP contribution in [0, 0.1) is 6.92 Å². The summed E-state index contributed by atoms with van der Waals surface area (Å²) in [7, 11) is 3.20. The molecule has 0 amide bonds. The van der Waals surface area contributed by atoms with Crippen LogP contribution in [0.1, 0.15) is 20.4 Å². The molecule has 1 heterocycles. The van der Waals surface area contributed by atoms with E-state index >= 15 is 0 Å². The molecule has 1 aromatic heterocycles. The predicted octanol–water partition coefficient (Wildman–Crippen LogP) is 0.958. The number of methoxy groups -OCH3 is 1. The molecule has 0 radical (unpaired) electrons. The lowest BCUT2D eigenvalue weighted by molar-refractivity contribution is 0.0594. The monoisotopic (exact) mass is 200 g/mol. The van der Waals surface area contributed by atoms with Crippen LogP contribution in [0.4, 0.5) is 0 Å². The van der Waals surface area contributed by atoms with Crippen molar-refractivity contribution in [2.24, 2.45) is 0 Å². The molecule has 0 saturated heterocycles. The van der Waals surface area contributed by atoms with Crippen molar-refractivity contribution in [3.8, 4) is 0 Å². The molecule has 0 unspecified atom stereocenters. The van der Waals surface area contributed by atoms with Crippen molar-refractivity contribution in [1.29, 1.82) is 0 Å². The van der Waals surface area contributed by atoms with Crippen molar-refractivity contribution in [2.45, 2.75) is 13.5 Å². The van der Waals surface area contributed by atoms with Crippen LogP contribution < -0.4 is 5.32 Å². The second-order valence-electron chi connectivity index (χ2n) is 2.53. The number of aryl methyl sites for hydroxylation is 1. The zero-order valence-electron chi connectivity index (χ0n) is 7.88. The molecule has 1 rings (SSSR count). The Balaban J connectivity index is 2.89. The van der Waals surface area contributed by atoms with Crippen molar-refractivity contribution in [3.05, 3.63) is 15.6 Å². The second kappa shape index (κ2) is 4.34. The Labute approximate surface area is 80.9 Å². The molecule has 0 bridgehead atoms. The maximum Gasteiger partial charge on any atom is 0.357 e. The number of carbonyl (C=O) groups excluding carboxylic acids is 1. The Morgan fingerprint density at radius 3 is 2.92 bits per heavy atom. The van der Waals surface area contributed by atoms with Gasteiger partial charge >= 0.3 is 5.97 Å². The summed E-state index contributed by atoms with van der Waals surface area (Å²) >= 11 is 1.51. The zero-order chi connectivity index (χ0) is 9.84. The number of esters is 1. The standard InChI is InChI=1S/C8H12N2O2S/c1-5-7(8(11)12-3)10-6(13-5)4-9-2/h9H,4H2,1-3H3. The Morgan fingerprint density at radius 1 is 1.69 bits per heavy atom. The summed E-state index contributed by atoms with van der Waals surface area (Å²) in [5, 5.41) is 3.88. The number of hydrogen-bond acceptors (Lipinski definition) is 5. The molecule has 0 spiro atoms. The minimum absolute atomic E-state index is 0.365. The molecule has 1 N–H and O–H groups in total. The van der Waals surface area contributed by atoms with Gasteiger partial charge < -0.3 is 10.1 Å². The average molecular weight is 200 g/mol. The Bertz CT molecular complexity index is 309. The van der Waals surface area contributed by atoms with Crippen molar-refractivity contribution in [3.63, 3.8) is 0 Å². The van der Waals surface area contributed by atoms with Crippen molar-refractivity contribution < 1.29 is 9.53 Å². The van der Waals surface area contributed by atoms with E-state index in [1.54, 1.807) is 0 Å². The molecular formula is C8H12N2O2S. The summed E-state index contributed by atoms with van der Waals surface area (Å²) in [5.74, 6) is -0.365. The first kappa shape index (κ1) is 10.1. The third-order valence-electron chi connectivity index (χ3n) is 1.55. The SMILES string of the molecule is CNCc1nc(C(=O)OC)c(C)s1. The van der Waals surface area contributed by atoms with Crippen LogP contribution in [-0.4, -0.2) is 25.1 Å². The molecule has 72 valence electrons. The summed E-state index contributed by atoms with van der Waals surface area (Å²) in [4.78, 5) is 16.2. The van der Waals surface area contributed by atoms with E-state index in [1.165, 1.54) is 18.4 Å². The number of aromatic nitrogens is 1. The maximum atomic E-state index is 11.2. The topological polar surface area (TPSA) is 51.2 Å². The number of hydrogen-bond donors (Lipinski definition) is 1. The van der Waals surface area contributed by atoms with Crippen LogP contribution in [0.15, 0.2) is 0 Å². The zero-order valence-corrected chi connectivity index (χ0v) is 8.70. The highest BCUT2D eigenvalue weighted by molar-refractivity contribution is 7.11. The molecule has 1 aromatic rings. The molecular weight excluding hydrogens is 188 g/mol. The first-order chi connectivity index (χ1) is 6.19. The van der Waals surface area contributed by atoms with Crippen molar-refractivity contribution in [1.82, 2.24) is 10.3 Å². The molecule has 13 heavy (non-hydrogen) atoms. The molecule has 0 saturated carbocycles. The first-order valence-corrected chi connectivity index (χ1v) is 4.70. The average Bonchev–Trinajstić information content (AvgIpc) is 2.46. The molecule has 0 aliphatic rings. The Kier molecular flexibility index (Phi) is 3.39. The largest absolute Gasteiger partial charge is 0.464 e. The van der Waals surface area contributed by atoms with Crippen LogP contribution in [0.25, 0.3) is 0 Å². The number of thiazole rings is 1. The highest BCUT2D eigenvalue weighted by atomic mass is 32.1. The number of nitrogens with one attached hydrogen (secondary N) is 1. The lowest BCUT2D eigenvalue weighted by Gasteiger charge is -1.93. The minimum atomic E-state index is -0.365. The Hall–Kier alpha value is -0.940. The Morgan fingerprint density at radius 2 is 2.38 bits per heavy atom. The molecule has 0 aromatic carbocycles. The van der Waals surface area contributed by atoms with E-state index in [2.05, 4.69) is 15.0 Å². The van der Waals surface area contributed by atoms with E-state index in [0.29, 0.717) is 12.2 Å². The van der Waals surface area contributed by atoms with Crippen molar-refractivity contribution >= 4 is 17.3 Å². The number of carbonyl (C=O) groups is 1. The molecule has 0 atom stereocenters. The van der Waals surface area contributed by atoms with Crippen LogP contribution in [0.5, 0.6) is 0 Å². The second-order valence-corrected chi connectivity index (χ2v) is 3.82. The fourth-order valence-corrected chi connectivity index (χ4v) is 1.90. The molecule has 0 fully saturated rings. The minimum Gasteiger partial charge on any atom is -0.464 e. The summed E-state index contributed by atoms with van der Waals surface area (Å²) in [6, 6.07) is 0. The summed E-state index contributed by atoms with van der Waals surface area (Å²) in [6.45, 7) is 2.55. The summed E-state index contributed by atoms with van der Waals surface area (Å²) < 4.78 is 4.59. The van der Waals surface area contributed by atoms with Gasteiger partial charge in [-0.3, -0.25) is 0 Å². The summed E-state index contributed by atoms with van der Waals surface area (Å²) in [5.41, 5.74) is 0.428. The molecule has 0 aliphatic carbocycles. The third kappa shape index (κ3) is 2.26. The smallest absolute Gasteiger partial charge is 0.357 e. The van der Waals surface area contributed by atoms with E-state index < -0.39 is 0 Å². The highest BCUT2D eigenvalue weighted by Gasteiger charge is 2.14. The van der Waals surface area contributed by atoms with Crippen molar-refractivity contribution in [2.75, 3.05) is 14.2 Å². The maximum absolute atomic E-state index is 11.2. The van der Waals surface area contributed by atoms with Gasteiger partial charge in [0.25, 0.3) is 0 Å². The van der Waals surface area contributed by atoms with Gasteiger partial charge in [-0.25, -0.2) is 9.78 Å². The van der Waals surface area contributed by atoms with Crippen LogP contribution >= 0.6 is 11.3 Å². The third-order valence-corrected chi connectivity index (χ3v) is 2.52. The molecule has 5 heteroatoms. The van der Waals surface area contributed by atoms with Gasteiger partial charge in [-0.1, -0.05) is 0 Å². The fraction of sp³-hybridized carbons (Fsp3) is 0.500. The van der Waals surface area contributed by atoms with E-state index in [9.17, 15) is 4.79 Å². The van der Waals surface area contributed by atoms with Gasteiger partial charge in [0.15, 0.2) is 5.69 Å². The number of rotatable bonds is 3. The van der Waals surface area contributed by atoms with Crippen LogP contribution in [0.2, 0.25) is 0 Å². The normalized spacial score (nSPS) is 10.1. The first-order valence-electron chi connectivity index (χ1n) is 3.88.